The monoisotopic (exact) mass is 275 g/mol. The van der Waals surface area contributed by atoms with Gasteiger partial charge in [-0.3, -0.25) is 0 Å². The van der Waals surface area contributed by atoms with Gasteiger partial charge in [-0.1, -0.05) is 32.9 Å². The minimum absolute atomic E-state index is 0.158. The van der Waals surface area contributed by atoms with E-state index < -0.39 is 0 Å². The molecule has 20 heavy (non-hydrogen) atoms. The van der Waals surface area contributed by atoms with Crippen LogP contribution in [-0.4, -0.2) is 6.04 Å². The van der Waals surface area contributed by atoms with E-state index in [1.165, 1.54) is 24.8 Å². The molecule has 1 aromatic carbocycles. The van der Waals surface area contributed by atoms with E-state index in [0.29, 0.717) is 16.9 Å². The highest BCUT2D eigenvalue weighted by atomic mass is 19.1. The zero-order valence-corrected chi connectivity index (χ0v) is 13.0. The van der Waals surface area contributed by atoms with Gasteiger partial charge in [0, 0.05) is 12.1 Å². The molecule has 0 spiro atoms. The lowest BCUT2D eigenvalue weighted by Crippen LogP contribution is -2.45. The molecule has 1 nitrogen and oxygen atoms in total. The molecular weight excluding hydrogens is 249 g/mol. The first-order chi connectivity index (χ1) is 9.34. The third kappa shape index (κ3) is 1.92. The maximum atomic E-state index is 13.0. The molecule has 0 radical (unpaired) electrons. The number of halogens is 1. The van der Waals surface area contributed by atoms with Crippen molar-refractivity contribution in [3.05, 3.63) is 35.6 Å². The van der Waals surface area contributed by atoms with Crippen LogP contribution in [0, 0.1) is 22.6 Å². The zero-order chi connectivity index (χ0) is 14.5. The van der Waals surface area contributed by atoms with E-state index in [1.807, 2.05) is 12.1 Å². The van der Waals surface area contributed by atoms with Gasteiger partial charge in [0.15, 0.2) is 0 Å². The third-order valence-electron chi connectivity index (χ3n) is 6.62. The van der Waals surface area contributed by atoms with Gasteiger partial charge in [0.25, 0.3) is 0 Å². The first-order valence-corrected chi connectivity index (χ1v) is 7.86. The fourth-order valence-corrected chi connectivity index (χ4v) is 4.61. The maximum absolute atomic E-state index is 13.0. The van der Waals surface area contributed by atoms with Gasteiger partial charge in [-0.15, -0.1) is 0 Å². The van der Waals surface area contributed by atoms with Gasteiger partial charge in [0.05, 0.1) is 0 Å². The fraction of sp³-hybridized carbons (Fsp3) is 0.667. The zero-order valence-electron chi connectivity index (χ0n) is 13.0. The van der Waals surface area contributed by atoms with E-state index in [-0.39, 0.29) is 11.9 Å². The van der Waals surface area contributed by atoms with E-state index in [0.717, 1.165) is 5.92 Å². The lowest BCUT2D eigenvalue weighted by molar-refractivity contribution is 0.116. The molecule has 4 atom stereocenters. The Hall–Kier alpha value is -0.890. The summed E-state index contributed by atoms with van der Waals surface area (Å²) >= 11 is 0. The molecule has 0 aromatic heterocycles. The van der Waals surface area contributed by atoms with Gasteiger partial charge < -0.3 is 5.32 Å². The number of hydrogen-bond acceptors (Lipinski definition) is 1. The predicted octanol–water partition coefficient (Wildman–Crippen LogP) is 4.69. The SMILES string of the molecule is C[C@@H](NC1CC2CCC1(C)C2(C)C)c1ccc(F)cc1. The molecule has 0 aliphatic heterocycles. The van der Waals surface area contributed by atoms with Crippen LogP contribution in [0.3, 0.4) is 0 Å². The van der Waals surface area contributed by atoms with Crippen LogP contribution in [-0.2, 0) is 0 Å². The van der Waals surface area contributed by atoms with E-state index in [1.54, 1.807) is 12.1 Å². The molecule has 1 aromatic rings. The molecule has 0 amide bonds. The van der Waals surface area contributed by atoms with Gasteiger partial charge in [0.1, 0.15) is 5.82 Å². The molecule has 2 saturated carbocycles. The van der Waals surface area contributed by atoms with Crippen LogP contribution < -0.4 is 5.32 Å². The number of benzene rings is 1. The fourth-order valence-electron chi connectivity index (χ4n) is 4.61. The van der Waals surface area contributed by atoms with E-state index in [2.05, 4.69) is 33.0 Å². The van der Waals surface area contributed by atoms with Gasteiger partial charge >= 0.3 is 0 Å². The molecule has 3 rings (SSSR count). The van der Waals surface area contributed by atoms with Crippen molar-refractivity contribution in [3.8, 4) is 0 Å². The smallest absolute Gasteiger partial charge is 0.123 e. The Morgan fingerprint density at radius 2 is 1.85 bits per heavy atom. The minimum Gasteiger partial charge on any atom is -0.307 e. The lowest BCUT2D eigenvalue weighted by atomic mass is 9.69. The highest BCUT2D eigenvalue weighted by molar-refractivity contribution is 5.21. The van der Waals surface area contributed by atoms with Crippen molar-refractivity contribution in [2.75, 3.05) is 0 Å². The van der Waals surface area contributed by atoms with Crippen molar-refractivity contribution in [1.82, 2.24) is 5.32 Å². The molecule has 2 fully saturated rings. The number of rotatable bonds is 3. The lowest BCUT2D eigenvalue weighted by Gasteiger charge is -2.40. The van der Waals surface area contributed by atoms with Crippen molar-refractivity contribution in [2.45, 2.75) is 59.0 Å². The minimum atomic E-state index is -0.158. The molecule has 2 bridgehead atoms. The van der Waals surface area contributed by atoms with Gasteiger partial charge in [-0.05, 0) is 60.6 Å². The highest BCUT2D eigenvalue weighted by Crippen LogP contribution is 2.65. The van der Waals surface area contributed by atoms with Crippen LogP contribution in [0.1, 0.15) is 58.6 Å². The Morgan fingerprint density at radius 3 is 2.35 bits per heavy atom. The summed E-state index contributed by atoms with van der Waals surface area (Å²) in [5, 5.41) is 3.82. The van der Waals surface area contributed by atoms with Crippen molar-refractivity contribution in [3.63, 3.8) is 0 Å². The standard InChI is InChI=1S/C18H26FN/c1-12(13-5-7-15(19)8-6-13)20-16-11-14-9-10-18(16,4)17(14,2)3/h5-8,12,14,16,20H,9-11H2,1-4H3/t12-,14?,16?,18?/m1/s1. The van der Waals surface area contributed by atoms with Gasteiger partial charge in [-0.2, -0.15) is 0 Å². The summed E-state index contributed by atoms with van der Waals surface area (Å²) in [6, 6.07) is 7.77. The molecule has 2 aliphatic carbocycles. The molecule has 3 unspecified atom stereocenters. The average Bonchev–Trinajstić information content (AvgIpc) is 2.72. The molecular formula is C18H26FN. The van der Waals surface area contributed by atoms with E-state index in [9.17, 15) is 4.39 Å². The second-order valence-corrected chi connectivity index (χ2v) is 7.60. The normalized spacial score (nSPS) is 36.2. The van der Waals surface area contributed by atoms with Crippen LogP contribution in [0.2, 0.25) is 0 Å². The summed E-state index contributed by atoms with van der Waals surface area (Å²) < 4.78 is 13.0. The maximum Gasteiger partial charge on any atom is 0.123 e. The van der Waals surface area contributed by atoms with Crippen LogP contribution in [0.25, 0.3) is 0 Å². The Bertz CT molecular complexity index is 493. The van der Waals surface area contributed by atoms with E-state index in [4.69, 9.17) is 0 Å². The summed E-state index contributed by atoms with van der Waals surface area (Å²) in [7, 11) is 0. The third-order valence-corrected chi connectivity index (χ3v) is 6.62. The van der Waals surface area contributed by atoms with Crippen molar-refractivity contribution in [1.29, 1.82) is 0 Å². The molecule has 0 saturated heterocycles. The topological polar surface area (TPSA) is 12.0 Å². The van der Waals surface area contributed by atoms with Crippen molar-refractivity contribution in [2.24, 2.45) is 16.7 Å². The molecule has 2 aliphatic rings. The second kappa shape index (κ2) is 4.56. The van der Waals surface area contributed by atoms with Gasteiger partial charge in [-0.25, -0.2) is 4.39 Å². The summed E-state index contributed by atoms with van der Waals surface area (Å²) in [5.74, 6) is 0.694. The largest absolute Gasteiger partial charge is 0.307 e. The summed E-state index contributed by atoms with van der Waals surface area (Å²) in [6.07, 6.45) is 4.00. The van der Waals surface area contributed by atoms with Gasteiger partial charge in [0.2, 0.25) is 0 Å². The average molecular weight is 275 g/mol. The molecule has 110 valence electrons. The Kier molecular flexibility index (Phi) is 3.20. The van der Waals surface area contributed by atoms with Crippen LogP contribution in [0.4, 0.5) is 4.39 Å². The summed E-state index contributed by atoms with van der Waals surface area (Å²) in [6.45, 7) is 9.52. The van der Waals surface area contributed by atoms with Crippen LogP contribution >= 0.6 is 0 Å². The van der Waals surface area contributed by atoms with Crippen LogP contribution in [0.15, 0.2) is 24.3 Å². The first-order valence-electron chi connectivity index (χ1n) is 7.86. The van der Waals surface area contributed by atoms with Crippen LogP contribution in [0.5, 0.6) is 0 Å². The molecule has 2 heteroatoms. The highest BCUT2D eigenvalue weighted by Gasteiger charge is 2.61. The summed E-state index contributed by atoms with van der Waals surface area (Å²) in [4.78, 5) is 0. The Labute approximate surface area is 122 Å². The Morgan fingerprint density at radius 1 is 1.20 bits per heavy atom. The molecule has 0 heterocycles. The quantitative estimate of drug-likeness (QED) is 0.843. The summed E-state index contributed by atoms with van der Waals surface area (Å²) in [5.41, 5.74) is 2.01. The first kappa shape index (κ1) is 14.1. The Balaban J connectivity index is 1.75. The number of nitrogens with one attached hydrogen (secondary N) is 1. The van der Waals surface area contributed by atoms with Crippen molar-refractivity contribution < 1.29 is 4.39 Å². The van der Waals surface area contributed by atoms with E-state index >= 15 is 0 Å². The number of hydrogen-bond donors (Lipinski definition) is 1. The predicted molar refractivity (Wildman–Crippen MR) is 81.0 cm³/mol. The number of fused-ring (bicyclic) bond motifs is 2. The second-order valence-electron chi connectivity index (χ2n) is 7.60. The van der Waals surface area contributed by atoms with Crippen molar-refractivity contribution >= 4 is 0 Å². The molecule has 1 N–H and O–H groups in total.